The molecule has 7 nitrogen and oxygen atoms in total. The summed E-state index contributed by atoms with van der Waals surface area (Å²) in [4.78, 5) is 17.2. The van der Waals surface area contributed by atoms with Gasteiger partial charge in [0, 0.05) is 23.3 Å². The molecule has 0 aromatic carbocycles. The highest BCUT2D eigenvalue weighted by atomic mass is 32.1. The van der Waals surface area contributed by atoms with Crippen molar-refractivity contribution in [2.45, 2.75) is 32.9 Å². The summed E-state index contributed by atoms with van der Waals surface area (Å²) in [5.41, 5.74) is 0.260. The Labute approximate surface area is 143 Å². The van der Waals surface area contributed by atoms with E-state index in [0.29, 0.717) is 17.9 Å². The van der Waals surface area contributed by atoms with E-state index >= 15 is 0 Å². The van der Waals surface area contributed by atoms with Gasteiger partial charge in [-0.25, -0.2) is 9.78 Å². The van der Waals surface area contributed by atoms with Gasteiger partial charge < -0.3 is 20.2 Å². The number of aliphatic hydroxyl groups is 1. The Morgan fingerprint density at radius 2 is 2.25 bits per heavy atom. The summed E-state index contributed by atoms with van der Waals surface area (Å²) in [6, 6.07) is 1.43. The molecule has 0 spiro atoms. The van der Waals surface area contributed by atoms with E-state index in [1.807, 2.05) is 29.1 Å². The van der Waals surface area contributed by atoms with Gasteiger partial charge in [0.15, 0.2) is 4.96 Å². The van der Waals surface area contributed by atoms with E-state index in [1.165, 1.54) is 11.3 Å². The molecule has 3 heterocycles. The van der Waals surface area contributed by atoms with Crippen molar-refractivity contribution in [1.82, 2.24) is 20.0 Å². The number of carbonyl (C=O) groups excluding carboxylic acids is 1. The van der Waals surface area contributed by atoms with Crippen molar-refractivity contribution < 1.29 is 14.3 Å². The van der Waals surface area contributed by atoms with Gasteiger partial charge in [-0.15, -0.1) is 11.3 Å². The number of rotatable bonds is 5. The maximum Gasteiger partial charge on any atom is 0.315 e. The molecule has 0 saturated carbocycles. The number of urea groups is 1. The number of thiazole rings is 1. The van der Waals surface area contributed by atoms with Gasteiger partial charge in [-0.3, -0.25) is 4.40 Å². The van der Waals surface area contributed by atoms with Crippen LogP contribution < -0.4 is 10.6 Å². The van der Waals surface area contributed by atoms with Crippen LogP contribution in [0.3, 0.4) is 0 Å². The molecule has 3 aromatic heterocycles. The summed E-state index contributed by atoms with van der Waals surface area (Å²) >= 11 is 1.54. The number of fused-ring (bicyclic) bond motifs is 1. The first-order valence-electron chi connectivity index (χ1n) is 7.58. The first kappa shape index (κ1) is 16.5. The van der Waals surface area contributed by atoms with Crippen molar-refractivity contribution in [1.29, 1.82) is 0 Å². The first-order valence-corrected chi connectivity index (χ1v) is 8.46. The van der Waals surface area contributed by atoms with Gasteiger partial charge in [-0.1, -0.05) is 0 Å². The number of nitrogens with one attached hydrogen (secondary N) is 2. The van der Waals surface area contributed by atoms with Crippen molar-refractivity contribution in [2.75, 3.05) is 6.54 Å². The van der Waals surface area contributed by atoms with Crippen molar-refractivity contribution in [2.24, 2.45) is 0 Å². The second-order valence-corrected chi connectivity index (χ2v) is 6.84. The molecular formula is C16H20N4O3S. The zero-order valence-electron chi connectivity index (χ0n) is 13.8. The van der Waals surface area contributed by atoms with E-state index in [0.717, 1.165) is 16.4 Å². The largest absolute Gasteiger partial charge is 0.466 e. The molecule has 0 saturated heterocycles. The molecule has 3 aromatic rings. The molecule has 0 bridgehead atoms. The maximum absolute atomic E-state index is 11.9. The molecule has 1 atom stereocenters. The zero-order valence-corrected chi connectivity index (χ0v) is 14.6. The molecule has 24 heavy (non-hydrogen) atoms. The number of aromatic nitrogens is 2. The SMILES string of the molecule is Cc1cc(C(C)(O)CNC(=O)NCc2cn3ccsc3n2)c(C)o1. The molecule has 8 heteroatoms. The Morgan fingerprint density at radius 3 is 2.92 bits per heavy atom. The summed E-state index contributed by atoms with van der Waals surface area (Å²) in [5, 5.41) is 17.9. The summed E-state index contributed by atoms with van der Waals surface area (Å²) in [6.45, 7) is 5.67. The average Bonchev–Trinajstić information content (AvgIpc) is 3.17. The summed E-state index contributed by atoms with van der Waals surface area (Å²) in [6.07, 6.45) is 3.79. The molecule has 0 aliphatic rings. The van der Waals surface area contributed by atoms with Gasteiger partial charge in [-0.2, -0.15) is 0 Å². The normalized spacial score (nSPS) is 13.8. The Morgan fingerprint density at radius 1 is 1.46 bits per heavy atom. The van der Waals surface area contributed by atoms with Crippen LogP contribution in [0.4, 0.5) is 4.79 Å². The number of imidazole rings is 1. The molecule has 3 rings (SSSR count). The molecule has 0 fully saturated rings. The van der Waals surface area contributed by atoms with Gasteiger partial charge in [-0.05, 0) is 26.8 Å². The molecular weight excluding hydrogens is 328 g/mol. The van der Waals surface area contributed by atoms with Gasteiger partial charge in [0.25, 0.3) is 0 Å². The van der Waals surface area contributed by atoms with E-state index in [4.69, 9.17) is 4.42 Å². The lowest BCUT2D eigenvalue weighted by Gasteiger charge is -2.23. The summed E-state index contributed by atoms with van der Waals surface area (Å²) in [5.74, 6) is 1.38. The molecule has 128 valence electrons. The van der Waals surface area contributed by atoms with Crippen LogP contribution in [0.2, 0.25) is 0 Å². The minimum absolute atomic E-state index is 0.0803. The van der Waals surface area contributed by atoms with E-state index in [9.17, 15) is 9.90 Å². The van der Waals surface area contributed by atoms with Crippen LogP contribution in [0.5, 0.6) is 0 Å². The van der Waals surface area contributed by atoms with Crippen molar-refractivity contribution >= 4 is 22.3 Å². The van der Waals surface area contributed by atoms with Crippen LogP contribution in [-0.4, -0.2) is 27.1 Å². The highest BCUT2D eigenvalue weighted by Crippen LogP contribution is 2.26. The number of hydrogen-bond donors (Lipinski definition) is 3. The van der Waals surface area contributed by atoms with Crippen molar-refractivity contribution in [3.63, 3.8) is 0 Å². The summed E-state index contributed by atoms with van der Waals surface area (Å²) < 4.78 is 7.35. The molecule has 3 N–H and O–H groups in total. The number of hydrogen-bond acceptors (Lipinski definition) is 5. The second-order valence-electron chi connectivity index (χ2n) is 5.96. The molecule has 1 unspecified atom stereocenters. The van der Waals surface area contributed by atoms with E-state index < -0.39 is 5.60 Å². The first-order chi connectivity index (χ1) is 11.3. The smallest absolute Gasteiger partial charge is 0.315 e. The highest BCUT2D eigenvalue weighted by Gasteiger charge is 2.28. The van der Waals surface area contributed by atoms with Crippen LogP contribution in [-0.2, 0) is 12.1 Å². The lowest BCUT2D eigenvalue weighted by atomic mass is 9.96. The van der Waals surface area contributed by atoms with Crippen LogP contribution in [0.25, 0.3) is 4.96 Å². The van der Waals surface area contributed by atoms with Gasteiger partial charge in [0.1, 0.15) is 17.1 Å². The van der Waals surface area contributed by atoms with Gasteiger partial charge in [0.2, 0.25) is 0 Å². The molecule has 0 aliphatic heterocycles. The summed E-state index contributed by atoms with van der Waals surface area (Å²) in [7, 11) is 0. The Hall–Kier alpha value is -2.32. The fourth-order valence-electron chi connectivity index (χ4n) is 2.61. The van der Waals surface area contributed by atoms with E-state index in [-0.39, 0.29) is 12.6 Å². The number of furan rings is 1. The van der Waals surface area contributed by atoms with Gasteiger partial charge >= 0.3 is 6.03 Å². The highest BCUT2D eigenvalue weighted by molar-refractivity contribution is 7.15. The Kier molecular flexibility index (Phi) is 4.33. The third-order valence-corrected chi connectivity index (χ3v) is 4.56. The van der Waals surface area contributed by atoms with Crippen LogP contribution in [0.15, 0.2) is 28.3 Å². The van der Waals surface area contributed by atoms with Crippen molar-refractivity contribution in [3.05, 3.63) is 46.6 Å². The topological polar surface area (TPSA) is 91.8 Å². The molecule has 0 radical (unpaired) electrons. The van der Waals surface area contributed by atoms with Crippen LogP contribution in [0.1, 0.15) is 29.7 Å². The standard InChI is InChI=1S/C16H20N4O3S/c1-10-6-13(11(2)23-10)16(3,22)9-18-14(21)17-7-12-8-20-4-5-24-15(20)19-12/h4-6,8,22H,7,9H2,1-3H3,(H2,17,18,21). The number of amides is 2. The number of carbonyl (C=O) groups is 1. The zero-order chi connectivity index (χ0) is 17.3. The minimum Gasteiger partial charge on any atom is -0.466 e. The lowest BCUT2D eigenvalue weighted by Crippen LogP contribution is -2.43. The van der Waals surface area contributed by atoms with Gasteiger partial charge in [0.05, 0.1) is 18.8 Å². The number of aryl methyl sites for hydroxylation is 2. The molecule has 0 aliphatic carbocycles. The third kappa shape index (κ3) is 3.44. The quantitative estimate of drug-likeness (QED) is 0.660. The minimum atomic E-state index is -1.20. The fourth-order valence-corrected chi connectivity index (χ4v) is 3.33. The van der Waals surface area contributed by atoms with Crippen LogP contribution >= 0.6 is 11.3 Å². The number of nitrogens with zero attached hydrogens (tertiary/aromatic N) is 2. The Balaban J connectivity index is 1.53. The maximum atomic E-state index is 11.9. The fraction of sp³-hybridized carbons (Fsp3) is 0.375. The van der Waals surface area contributed by atoms with E-state index in [2.05, 4.69) is 15.6 Å². The predicted molar refractivity (Wildman–Crippen MR) is 91.1 cm³/mol. The Bertz CT molecular complexity index is 833. The monoisotopic (exact) mass is 348 g/mol. The second kappa shape index (κ2) is 6.29. The lowest BCUT2D eigenvalue weighted by molar-refractivity contribution is 0.0579. The molecule has 2 amide bonds. The van der Waals surface area contributed by atoms with Crippen LogP contribution in [0, 0.1) is 13.8 Å². The van der Waals surface area contributed by atoms with Crippen molar-refractivity contribution in [3.8, 4) is 0 Å². The average molecular weight is 348 g/mol. The predicted octanol–water partition coefficient (Wildman–Crippen LogP) is 2.31. The third-order valence-electron chi connectivity index (χ3n) is 3.79. The van der Waals surface area contributed by atoms with E-state index in [1.54, 1.807) is 19.9 Å².